The fourth-order valence-corrected chi connectivity index (χ4v) is 2.67. The van der Waals surface area contributed by atoms with Gasteiger partial charge in [0.1, 0.15) is 0 Å². The summed E-state index contributed by atoms with van der Waals surface area (Å²) < 4.78 is 24.2. The fourth-order valence-electron chi connectivity index (χ4n) is 2.13. The minimum Gasteiger partial charge on any atom is -0.289 e. The maximum atomic E-state index is 12.4. The number of ketones is 1. The highest BCUT2D eigenvalue weighted by atomic mass is 32.2. The first-order chi connectivity index (χ1) is 10.8. The molecule has 0 fully saturated rings. The fraction of sp³-hybridized carbons (Fsp3) is 0.176. The largest absolute Gasteiger partial charge is 0.289 e. The Morgan fingerprint density at radius 2 is 1.57 bits per heavy atom. The lowest BCUT2D eigenvalue weighted by Gasteiger charge is -2.12. The molecule has 0 heterocycles. The molecule has 0 aliphatic rings. The van der Waals surface area contributed by atoms with Crippen molar-refractivity contribution in [3.05, 3.63) is 71.3 Å². The van der Waals surface area contributed by atoms with Crippen LogP contribution < -0.4 is 4.72 Å². The molecular weight excluding hydrogens is 314 g/mol. The van der Waals surface area contributed by atoms with E-state index in [1.165, 1.54) is 0 Å². The summed E-state index contributed by atoms with van der Waals surface area (Å²) in [6.07, 6.45) is 0.924. The van der Waals surface area contributed by atoms with Gasteiger partial charge in [0.15, 0.2) is 5.78 Å². The molecule has 6 heteroatoms. The van der Waals surface area contributed by atoms with Crippen LogP contribution in [0, 0.1) is 0 Å². The molecule has 0 unspecified atom stereocenters. The van der Waals surface area contributed by atoms with Crippen molar-refractivity contribution < 1.29 is 18.0 Å². The van der Waals surface area contributed by atoms with Crippen molar-refractivity contribution in [2.45, 2.75) is 12.8 Å². The number of carbonyl (C=O) groups is 2. The van der Waals surface area contributed by atoms with Gasteiger partial charge in [0, 0.05) is 11.1 Å². The van der Waals surface area contributed by atoms with Gasteiger partial charge in [0.2, 0.25) is 15.9 Å². The van der Waals surface area contributed by atoms with Crippen LogP contribution in [0.5, 0.6) is 0 Å². The van der Waals surface area contributed by atoms with Gasteiger partial charge in [0.25, 0.3) is 0 Å². The van der Waals surface area contributed by atoms with Crippen LogP contribution in [-0.4, -0.2) is 26.4 Å². The first-order valence-electron chi connectivity index (χ1n) is 6.99. The van der Waals surface area contributed by atoms with Gasteiger partial charge in [-0.1, -0.05) is 48.5 Å². The van der Waals surface area contributed by atoms with Crippen molar-refractivity contribution in [2.75, 3.05) is 6.26 Å². The number of nitrogens with one attached hydrogen (secondary N) is 1. The standard InChI is InChI=1S/C17H17NO4S/c1-12(17(20)18-23(2,21)22)14-9-6-10-15(11-14)16(19)13-7-4-3-5-8-13/h3-12H,1-2H3,(H,18,20)/t12-/m1/s1. The Hall–Kier alpha value is -2.47. The summed E-state index contributed by atoms with van der Waals surface area (Å²) in [4.78, 5) is 24.4. The maximum Gasteiger partial charge on any atom is 0.240 e. The van der Waals surface area contributed by atoms with E-state index in [1.54, 1.807) is 55.5 Å². The van der Waals surface area contributed by atoms with Crippen LogP contribution in [0.3, 0.4) is 0 Å². The highest BCUT2D eigenvalue weighted by Crippen LogP contribution is 2.19. The highest BCUT2D eigenvalue weighted by Gasteiger charge is 2.19. The Balaban J connectivity index is 2.26. The molecule has 1 atom stereocenters. The van der Waals surface area contributed by atoms with E-state index < -0.39 is 21.8 Å². The Morgan fingerprint density at radius 1 is 0.957 bits per heavy atom. The number of hydrogen-bond acceptors (Lipinski definition) is 4. The first kappa shape index (κ1) is 16.9. The van der Waals surface area contributed by atoms with E-state index in [2.05, 4.69) is 0 Å². The molecule has 2 aromatic carbocycles. The number of rotatable bonds is 5. The predicted octanol–water partition coefficient (Wildman–Crippen LogP) is 2.10. The van der Waals surface area contributed by atoms with E-state index in [-0.39, 0.29) is 5.78 Å². The number of benzene rings is 2. The number of sulfonamides is 1. The van der Waals surface area contributed by atoms with Gasteiger partial charge in [0.05, 0.1) is 12.2 Å². The summed E-state index contributed by atoms with van der Waals surface area (Å²) in [6, 6.07) is 15.5. The van der Waals surface area contributed by atoms with Gasteiger partial charge in [-0.2, -0.15) is 0 Å². The van der Waals surface area contributed by atoms with E-state index in [0.717, 1.165) is 6.26 Å². The zero-order valence-electron chi connectivity index (χ0n) is 12.8. The van der Waals surface area contributed by atoms with E-state index in [4.69, 9.17) is 0 Å². The SMILES string of the molecule is C[C@@H](C(=O)NS(C)(=O)=O)c1cccc(C(=O)c2ccccc2)c1. The Bertz CT molecular complexity index is 829. The summed E-state index contributed by atoms with van der Waals surface area (Å²) in [5, 5.41) is 0. The minimum absolute atomic E-state index is 0.150. The quantitative estimate of drug-likeness (QED) is 0.851. The number of carbonyl (C=O) groups excluding carboxylic acids is 2. The van der Waals surface area contributed by atoms with Crippen LogP contribution in [0.2, 0.25) is 0 Å². The van der Waals surface area contributed by atoms with E-state index >= 15 is 0 Å². The van der Waals surface area contributed by atoms with Crippen LogP contribution >= 0.6 is 0 Å². The monoisotopic (exact) mass is 331 g/mol. The van der Waals surface area contributed by atoms with Crippen molar-refractivity contribution in [1.82, 2.24) is 4.72 Å². The molecule has 0 spiro atoms. The highest BCUT2D eigenvalue weighted by molar-refractivity contribution is 7.89. The van der Waals surface area contributed by atoms with Crippen LogP contribution in [-0.2, 0) is 14.8 Å². The van der Waals surface area contributed by atoms with E-state index in [0.29, 0.717) is 16.7 Å². The molecule has 5 nitrogen and oxygen atoms in total. The molecule has 23 heavy (non-hydrogen) atoms. The molecule has 120 valence electrons. The van der Waals surface area contributed by atoms with Crippen LogP contribution in [0.15, 0.2) is 54.6 Å². The van der Waals surface area contributed by atoms with Crippen LogP contribution in [0.1, 0.15) is 34.3 Å². The molecule has 1 N–H and O–H groups in total. The van der Waals surface area contributed by atoms with Gasteiger partial charge in [-0.05, 0) is 18.6 Å². The van der Waals surface area contributed by atoms with Crippen molar-refractivity contribution in [3.63, 3.8) is 0 Å². The number of amides is 1. The van der Waals surface area contributed by atoms with Crippen LogP contribution in [0.4, 0.5) is 0 Å². The third-order valence-electron chi connectivity index (χ3n) is 3.36. The molecule has 1 amide bonds. The molecule has 0 aliphatic carbocycles. The molecule has 2 aromatic rings. The van der Waals surface area contributed by atoms with Gasteiger partial charge < -0.3 is 0 Å². The van der Waals surface area contributed by atoms with Crippen molar-refractivity contribution in [1.29, 1.82) is 0 Å². The second-order valence-corrected chi connectivity index (χ2v) is 7.03. The zero-order valence-corrected chi connectivity index (χ0v) is 13.6. The first-order valence-corrected chi connectivity index (χ1v) is 8.88. The number of hydrogen-bond donors (Lipinski definition) is 1. The molecule has 0 aromatic heterocycles. The molecule has 0 aliphatic heterocycles. The summed E-state index contributed by atoms with van der Waals surface area (Å²) in [6.45, 7) is 1.59. The topological polar surface area (TPSA) is 80.3 Å². The summed E-state index contributed by atoms with van der Waals surface area (Å²) in [5.41, 5.74) is 1.58. The van der Waals surface area contributed by atoms with Gasteiger partial charge >= 0.3 is 0 Å². The molecule has 0 saturated heterocycles. The summed E-state index contributed by atoms with van der Waals surface area (Å²) in [5.74, 6) is -1.46. The third kappa shape index (κ3) is 4.50. The summed E-state index contributed by atoms with van der Waals surface area (Å²) in [7, 11) is -3.61. The van der Waals surface area contributed by atoms with Crippen molar-refractivity contribution >= 4 is 21.7 Å². The van der Waals surface area contributed by atoms with Gasteiger partial charge in [-0.25, -0.2) is 8.42 Å². The molecular formula is C17H17NO4S. The van der Waals surface area contributed by atoms with Gasteiger partial charge in [-0.3, -0.25) is 14.3 Å². The Kier molecular flexibility index (Phi) is 4.95. The van der Waals surface area contributed by atoms with Gasteiger partial charge in [-0.15, -0.1) is 0 Å². The third-order valence-corrected chi connectivity index (χ3v) is 3.94. The predicted molar refractivity (Wildman–Crippen MR) is 87.7 cm³/mol. The zero-order chi connectivity index (χ0) is 17.0. The summed E-state index contributed by atoms with van der Waals surface area (Å²) >= 11 is 0. The lowest BCUT2D eigenvalue weighted by atomic mass is 9.95. The lowest BCUT2D eigenvalue weighted by Crippen LogP contribution is -2.32. The van der Waals surface area contributed by atoms with Crippen LogP contribution in [0.25, 0.3) is 0 Å². The van der Waals surface area contributed by atoms with E-state index in [1.807, 2.05) is 10.8 Å². The molecule has 0 radical (unpaired) electrons. The normalized spacial score (nSPS) is 12.4. The second-order valence-electron chi connectivity index (χ2n) is 5.28. The Morgan fingerprint density at radius 3 is 2.17 bits per heavy atom. The minimum atomic E-state index is -3.61. The molecule has 0 bridgehead atoms. The van der Waals surface area contributed by atoms with Crippen molar-refractivity contribution in [2.24, 2.45) is 0 Å². The lowest BCUT2D eigenvalue weighted by molar-refractivity contribution is -0.120. The Labute approximate surface area is 135 Å². The van der Waals surface area contributed by atoms with Crippen molar-refractivity contribution in [3.8, 4) is 0 Å². The molecule has 0 saturated carbocycles. The molecule has 2 rings (SSSR count). The average Bonchev–Trinajstić information content (AvgIpc) is 2.52. The second kappa shape index (κ2) is 6.75. The maximum absolute atomic E-state index is 12.4. The van der Waals surface area contributed by atoms with E-state index in [9.17, 15) is 18.0 Å². The smallest absolute Gasteiger partial charge is 0.240 e. The average molecular weight is 331 g/mol.